The summed E-state index contributed by atoms with van der Waals surface area (Å²) >= 11 is 0. The Morgan fingerprint density at radius 3 is 2.94 bits per heavy atom. The molecule has 4 heteroatoms. The fraction of sp³-hybridized carbons (Fsp3) is 0.615. The number of carbonyl (C=O) groups excluding carboxylic acids is 1. The summed E-state index contributed by atoms with van der Waals surface area (Å²) in [6, 6.07) is 4.43. The Morgan fingerprint density at radius 2 is 2.24 bits per heavy atom. The molecule has 1 fully saturated rings. The van der Waals surface area contributed by atoms with Gasteiger partial charge in [0.1, 0.15) is 6.54 Å². The van der Waals surface area contributed by atoms with Crippen LogP contribution < -0.4 is 10.6 Å². The zero-order valence-electron chi connectivity index (χ0n) is 10.4. The SMILES string of the molecule is CNCc1cccn1CC(=O)NC1CCCC1. The zero-order valence-corrected chi connectivity index (χ0v) is 10.4. The Bertz CT molecular complexity index is 366. The molecule has 2 rings (SSSR count). The molecule has 1 aromatic heterocycles. The lowest BCUT2D eigenvalue weighted by Crippen LogP contribution is -2.35. The van der Waals surface area contributed by atoms with Crippen LogP contribution in [0.25, 0.3) is 0 Å². The first-order valence-corrected chi connectivity index (χ1v) is 6.37. The van der Waals surface area contributed by atoms with Gasteiger partial charge in [-0.05, 0) is 32.0 Å². The van der Waals surface area contributed by atoms with E-state index in [1.165, 1.54) is 12.8 Å². The van der Waals surface area contributed by atoms with Crippen LogP contribution in [0.3, 0.4) is 0 Å². The van der Waals surface area contributed by atoms with E-state index in [2.05, 4.69) is 10.6 Å². The standard InChI is InChI=1S/C13H21N3O/c1-14-9-12-7-4-8-16(12)10-13(17)15-11-5-2-3-6-11/h4,7-8,11,14H,2-3,5-6,9-10H2,1H3,(H,15,17). The molecule has 0 unspecified atom stereocenters. The molecule has 0 aliphatic heterocycles. The molecule has 0 atom stereocenters. The van der Waals surface area contributed by atoms with E-state index in [4.69, 9.17) is 0 Å². The lowest BCUT2D eigenvalue weighted by atomic mass is 10.2. The van der Waals surface area contributed by atoms with Crippen LogP contribution >= 0.6 is 0 Å². The van der Waals surface area contributed by atoms with Crippen LogP contribution in [0.15, 0.2) is 18.3 Å². The third-order valence-corrected chi connectivity index (χ3v) is 3.32. The van der Waals surface area contributed by atoms with Crippen LogP contribution in [0, 0.1) is 0 Å². The van der Waals surface area contributed by atoms with Crippen molar-refractivity contribution in [2.75, 3.05) is 7.05 Å². The van der Waals surface area contributed by atoms with Crippen LogP contribution in [0.4, 0.5) is 0 Å². The maximum atomic E-state index is 11.9. The van der Waals surface area contributed by atoms with Crippen molar-refractivity contribution in [1.29, 1.82) is 0 Å². The first-order chi connectivity index (χ1) is 8.29. The highest BCUT2D eigenvalue weighted by Gasteiger charge is 2.17. The second-order valence-electron chi connectivity index (χ2n) is 4.71. The fourth-order valence-corrected chi connectivity index (χ4v) is 2.44. The molecule has 1 aliphatic rings. The molecule has 1 saturated carbocycles. The monoisotopic (exact) mass is 235 g/mol. The Hall–Kier alpha value is -1.29. The minimum absolute atomic E-state index is 0.130. The molecule has 1 heterocycles. The molecule has 94 valence electrons. The molecule has 0 bridgehead atoms. The third kappa shape index (κ3) is 3.33. The van der Waals surface area contributed by atoms with Gasteiger partial charge in [-0.3, -0.25) is 4.79 Å². The van der Waals surface area contributed by atoms with Crippen molar-refractivity contribution in [3.63, 3.8) is 0 Å². The molecule has 2 N–H and O–H groups in total. The lowest BCUT2D eigenvalue weighted by molar-refractivity contribution is -0.122. The van der Waals surface area contributed by atoms with Gasteiger partial charge in [0.05, 0.1) is 0 Å². The molecule has 17 heavy (non-hydrogen) atoms. The van der Waals surface area contributed by atoms with Crippen molar-refractivity contribution in [3.05, 3.63) is 24.0 Å². The zero-order chi connectivity index (χ0) is 12.1. The van der Waals surface area contributed by atoms with Crippen molar-refractivity contribution in [2.24, 2.45) is 0 Å². The quantitative estimate of drug-likeness (QED) is 0.807. The van der Waals surface area contributed by atoms with Crippen LogP contribution in [0.2, 0.25) is 0 Å². The smallest absolute Gasteiger partial charge is 0.240 e. The number of hydrogen-bond donors (Lipinski definition) is 2. The van der Waals surface area contributed by atoms with E-state index in [1.807, 2.05) is 29.9 Å². The van der Waals surface area contributed by atoms with Crippen molar-refractivity contribution in [2.45, 2.75) is 44.8 Å². The van der Waals surface area contributed by atoms with E-state index >= 15 is 0 Å². The Morgan fingerprint density at radius 1 is 1.47 bits per heavy atom. The fourth-order valence-electron chi connectivity index (χ4n) is 2.44. The second kappa shape index (κ2) is 5.87. The van der Waals surface area contributed by atoms with Gasteiger partial charge in [0.15, 0.2) is 0 Å². The normalized spacial score (nSPS) is 16.3. The van der Waals surface area contributed by atoms with Gasteiger partial charge in [0.2, 0.25) is 5.91 Å². The van der Waals surface area contributed by atoms with Gasteiger partial charge in [-0.2, -0.15) is 0 Å². The van der Waals surface area contributed by atoms with Gasteiger partial charge < -0.3 is 15.2 Å². The summed E-state index contributed by atoms with van der Waals surface area (Å²) in [4.78, 5) is 11.9. The Labute approximate surface area is 102 Å². The molecule has 1 aliphatic carbocycles. The molecular weight excluding hydrogens is 214 g/mol. The number of nitrogens with one attached hydrogen (secondary N) is 2. The van der Waals surface area contributed by atoms with Crippen LogP contribution in [0.1, 0.15) is 31.4 Å². The van der Waals surface area contributed by atoms with Gasteiger partial charge >= 0.3 is 0 Å². The maximum absolute atomic E-state index is 11.9. The number of amides is 1. The minimum Gasteiger partial charge on any atom is -0.352 e. The van der Waals surface area contributed by atoms with Crippen molar-refractivity contribution in [3.8, 4) is 0 Å². The van der Waals surface area contributed by atoms with Gasteiger partial charge in [0, 0.05) is 24.5 Å². The number of aromatic nitrogens is 1. The van der Waals surface area contributed by atoms with Gasteiger partial charge in [-0.15, -0.1) is 0 Å². The van der Waals surface area contributed by atoms with E-state index in [0.29, 0.717) is 12.6 Å². The van der Waals surface area contributed by atoms with E-state index in [-0.39, 0.29) is 5.91 Å². The maximum Gasteiger partial charge on any atom is 0.240 e. The van der Waals surface area contributed by atoms with E-state index < -0.39 is 0 Å². The summed E-state index contributed by atoms with van der Waals surface area (Å²) in [5.41, 5.74) is 1.15. The molecule has 4 nitrogen and oxygen atoms in total. The summed E-state index contributed by atoms with van der Waals surface area (Å²) in [7, 11) is 1.91. The first-order valence-electron chi connectivity index (χ1n) is 6.37. The van der Waals surface area contributed by atoms with Gasteiger partial charge in [-0.1, -0.05) is 12.8 Å². The Kier molecular flexibility index (Phi) is 4.20. The summed E-state index contributed by atoms with van der Waals surface area (Å²) in [6.07, 6.45) is 6.74. The topological polar surface area (TPSA) is 46.1 Å². The highest BCUT2D eigenvalue weighted by atomic mass is 16.2. The van der Waals surface area contributed by atoms with E-state index in [9.17, 15) is 4.79 Å². The molecule has 1 amide bonds. The molecular formula is C13H21N3O. The second-order valence-corrected chi connectivity index (χ2v) is 4.71. The summed E-state index contributed by atoms with van der Waals surface area (Å²) in [5.74, 6) is 0.130. The Balaban J connectivity index is 1.86. The van der Waals surface area contributed by atoms with Crippen LogP contribution in [-0.4, -0.2) is 23.6 Å². The third-order valence-electron chi connectivity index (χ3n) is 3.32. The average Bonchev–Trinajstić information content (AvgIpc) is 2.92. The molecule has 0 saturated heterocycles. The molecule has 0 radical (unpaired) electrons. The van der Waals surface area contributed by atoms with Gasteiger partial charge in [-0.25, -0.2) is 0 Å². The number of nitrogens with zero attached hydrogens (tertiary/aromatic N) is 1. The molecule has 1 aromatic rings. The minimum atomic E-state index is 0.130. The average molecular weight is 235 g/mol. The van der Waals surface area contributed by atoms with Crippen LogP contribution in [0.5, 0.6) is 0 Å². The van der Waals surface area contributed by atoms with E-state index in [0.717, 1.165) is 25.1 Å². The lowest BCUT2D eigenvalue weighted by Gasteiger charge is -2.13. The number of carbonyl (C=O) groups is 1. The summed E-state index contributed by atoms with van der Waals surface area (Å²) in [6.45, 7) is 1.23. The summed E-state index contributed by atoms with van der Waals surface area (Å²) < 4.78 is 2.00. The first kappa shape index (κ1) is 12.2. The molecule has 0 aromatic carbocycles. The van der Waals surface area contributed by atoms with E-state index in [1.54, 1.807) is 0 Å². The van der Waals surface area contributed by atoms with Crippen molar-refractivity contribution >= 4 is 5.91 Å². The number of rotatable bonds is 5. The van der Waals surface area contributed by atoms with Gasteiger partial charge in [0.25, 0.3) is 0 Å². The highest BCUT2D eigenvalue weighted by molar-refractivity contribution is 5.76. The van der Waals surface area contributed by atoms with Crippen molar-refractivity contribution < 1.29 is 4.79 Å². The van der Waals surface area contributed by atoms with Crippen molar-refractivity contribution in [1.82, 2.24) is 15.2 Å². The predicted molar refractivity (Wildman–Crippen MR) is 67.6 cm³/mol. The largest absolute Gasteiger partial charge is 0.352 e. The molecule has 0 spiro atoms. The highest BCUT2D eigenvalue weighted by Crippen LogP contribution is 2.17. The number of hydrogen-bond acceptors (Lipinski definition) is 2. The van der Waals surface area contributed by atoms with Crippen LogP contribution in [-0.2, 0) is 17.9 Å². The summed E-state index contributed by atoms with van der Waals surface area (Å²) in [5, 5.41) is 6.21. The predicted octanol–water partition coefficient (Wildman–Crippen LogP) is 1.27.